The number of hydrogen-bond acceptors (Lipinski definition) is 13. The minimum absolute atomic E-state index is 0.267. The number of aromatic nitrogens is 3. The summed E-state index contributed by atoms with van der Waals surface area (Å²) < 4.78 is 29.0. The standard InChI is InChI=1S/C25H28N4O10S/c1-13-6-8-18(9-7-13)10-26-28-20(34)11-27-29(25(28)40)24-23(38-17(5)33)22(37-16(4)32)21(36-15(3)31)19(39-24)12-35-14(2)30/h6-11,19,21-24H,12H2,1-5H3/b26-10+/t19-,21-,22+,23-,24-/m1/s1. The summed E-state index contributed by atoms with van der Waals surface area (Å²) >= 11 is 5.48. The molecule has 1 aliphatic rings. The second kappa shape index (κ2) is 13.2. The number of rotatable bonds is 8. The van der Waals surface area contributed by atoms with Crippen LogP contribution < -0.4 is 5.56 Å². The molecule has 3 rings (SSSR count). The molecule has 0 bridgehead atoms. The van der Waals surface area contributed by atoms with Gasteiger partial charge >= 0.3 is 23.9 Å². The van der Waals surface area contributed by atoms with Crippen molar-refractivity contribution in [3.05, 3.63) is 56.7 Å². The molecule has 14 nitrogen and oxygen atoms in total. The molecule has 0 unspecified atom stereocenters. The van der Waals surface area contributed by atoms with Gasteiger partial charge in [-0.25, -0.2) is 4.68 Å². The molecule has 40 heavy (non-hydrogen) atoms. The van der Waals surface area contributed by atoms with E-state index in [0.29, 0.717) is 5.56 Å². The van der Waals surface area contributed by atoms with Crippen LogP contribution in [-0.4, -0.2) is 75.6 Å². The Kier molecular flexibility index (Phi) is 10.0. The number of aryl methyl sites for hydroxylation is 1. The summed E-state index contributed by atoms with van der Waals surface area (Å²) in [6, 6.07) is 7.31. The van der Waals surface area contributed by atoms with Crippen molar-refractivity contribution < 1.29 is 42.9 Å². The van der Waals surface area contributed by atoms with Crippen molar-refractivity contribution in [3.8, 4) is 0 Å². The molecular weight excluding hydrogens is 548 g/mol. The first-order chi connectivity index (χ1) is 18.9. The lowest BCUT2D eigenvalue weighted by atomic mass is 9.97. The summed E-state index contributed by atoms with van der Waals surface area (Å²) in [4.78, 5) is 60.3. The first-order valence-electron chi connectivity index (χ1n) is 12.0. The van der Waals surface area contributed by atoms with Crippen LogP contribution in [0.2, 0.25) is 0 Å². The Morgan fingerprint density at radius 1 is 0.950 bits per heavy atom. The normalized spacial score (nSPS) is 22.4. The second-order valence-corrected chi connectivity index (χ2v) is 9.13. The van der Waals surface area contributed by atoms with E-state index in [-0.39, 0.29) is 4.77 Å². The van der Waals surface area contributed by atoms with Crippen LogP contribution in [0.5, 0.6) is 0 Å². The third-order valence-electron chi connectivity index (χ3n) is 5.49. The molecule has 1 fully saturated rings. The van der Waals surface area contributed by atoms with Crippen LogP contribution in [0.25, 0.3) is 0 Å². The van der Waals surface area contributed by atoms with E-state index in [1.807, 2.05) is 19.1 Å². The Balaban J connectivity index is 2.14. The van der Waals surface area contributed by atoms with Gasteiger partial charge in [0, 0.05) is 27.7 Å². The van der Waals surface area contributed by atoms with Gasteiger partial charge in [-0.2, -0.15) is 14.9 Å². The molecular formula is C25H28N4O10S. The average Bonchev–Trinajstić information content (AvgIpc) is 2.86. The fraction of sp³-hybridized carbons (Fsp3) is 0.440. The fourth-order valence-corrected chi connectivity index (χ4v) is 4.16. The zero-order valence-electron chi connectivity index (χ0n) is 22.3. The average molecular weight is 577 g/mol. The van der Waals surface area contributed by atoms with Crippen molar-refractivity contribution >= 4 is 42.3 Å². The Morgan fingerprint density at radius 3 is 2.10 bits per heavy atom. The maximum Gasteiger partial charge on any atom is 0.303 e. The smallest absolute Gasteiger partial charge is 0.303 e. The molecule has 2 heterocycles. The Hall–Kier alpha value is -4.24. The highest BCUT2D eigenvalue weighted by Gasteiger charge is 2.53. The number of carbonyl (C=O) groups is 4. The van der Waals surface area contributed by atoms with Crippen LogP contribution in [0.15, 0.2) is 40.4 Å². The molecule has 2 aromatic rings. The quantitative estimate of drug-likeness (QED) is 0.191. The van der Waals surface area contributed by atoms with Gasteiger partial charge < -0.3 is 23.7 Å². The lowest BCUT2D eigenvalue weighted by Gasteiger charge is -2.44. The molecule has 0 aliphatic carbocycles. The maximum absolute atomic E-state index is 12.6. The summed E-state index contributed by atoms with van der Waals surface area (Å²) in [6.07, 6.45) is -4.61. The largest absolute Gasteiger partial charge is 0.463 e. The summed E-state index contributed by atoms with van der Waals surface area (Å²) in [6.45, 7) is 5.96. The molecule has 0 spiro atoms. The lowest BCUT2D eigenvalue weighted by molar-refractivity contribution is -0.271. The predicted octanol–water partition coefficient (Wildman–Crippen LogP) is 1.22. The monoisotopic (exact) mass is 576 g/mol. The molecule has 1 saturated heterocycles. The Morgan fingerprint density at radius 2 is 1.52 bits per heavy atom. The second-order valence-electron chi connectivity index (χ2n) is 8.77. The molecule has 5 atom stereocenters. The van der Waals surface area contributed by atoms with Gasteiger partial charge in [-0.05, 0) is 24.7 Å². The molecule has 214 valence electrons. The number of esters is 4. The van der Waals surface area contributed by atoms with Crippen molar-refractivity contribution in [1.29, 1.82) is 0 Å². The van der Waals surface area contributed by atoms with Crippen molar-refractivity contribution in [1.82, 2.24) is 14.5 Å². The number of ether oxygens (including phenoxy) is 5. The lowest BCUT2D eigenvalue weighted by Crippen LogP contribution is -2.61. The van der Waals surface area contributed by atoms with E-state index in [1.165, 1.54) is 6.21 Å². The molecule has 0 radical (unpaired) electrons. The molecule has 1 aliphatic heterocycles. The Bertz CT molecular complexity index is 1420. The van der Waals surface area contributed by atoms with Gasteiger partial charge in [0.15, 0.2) is 24.5 Å². The molecule has 0 N–H and O–H groups in total. The van der Waals surface area contributed by atoms with Gasteiger partial charge in [-0.1, -0.05) is 29.8 Å². The van der Waals surface area contributed by atoms with E-state index in [1.54, 1.807) is 12.1 Å². The van der Waals surface area contributed by atoms with E-state index in [0.717, 1.165) is 48.8 Å². The minimum atomic E-state index is -1.47. The van der Waals surface area contributed by atoms with Crippen LogP contribution >= 0.6 is 12.2 Å². The fourth-order valence-electron chi connectivity index (χ4n) is 3.87. The van der Waals surface area contributed by atoms with Gasteiger partial charge in [-0.15, -0.1) is 0 Å². The highest BCUT2D eigenvalue weighted by molar-refractivity contribution is 7.71. The van der Waals surface area contributed by atoms with Gasteiger partial charge in [0.2, 0.25) is 4.77 Å². The van der Waals surface area contributed by atoms with Crippen LogP contribution in [0.3, 0.4) is 0 Å². The van der Waals surface area contributed by atoms with Crippen LogP contribution in [-0.2, 0) is 42.9 Å². The number of carbonyl (C=O) groups excluding carboxylic acids is 4. The summed E-state index contributed by atoms with van der Waals surface area (Å²) in [5.74, 6) is -3.03. The summed E-state index contributed by atoms with van der Waals surface area (Å²) in [5, 5.41) is 8.22. The first kappa shape index (κ1) is 30.3. The van der Waals surface area contributed by atoms with Crippen molar-refractivity contribution in [2.75, 3.05) is 6.61 Å². The van der Waals surface area contributed by atoms with Gasteiger partial charge in [0.05, 0.1) is 6.21 Å². The summed E-state index contributed by atoms with van der Waals surface area (Å²) in [7, 11) is 0. The van der Waals surface area contributed by atoms with Gasteiger partial charge in [0.1, 0.15) is 18.9 Å². The number of benzene rings is 1. The SMILES string of the molecule is CC(=O)OC[C@H]1O[C@@H](n2ncc(=O)n(/N=C/c3ccc(C)cc3)c2=S)[C@H](OC(C)=O)[C@@H](OC(C)=O)[C@@H]1OC(C)=O. The van der Waals surface area contributed by atoms with Crippen molar-refractivity contribution in [2.45, 2.75) is 65.3 Å². The third kappa shape index (κ3) is 7.66. The highest BCUT2D eigenvalue weighted by atomic mass is 32.1. The first-order valence-corrected chi connectivity index (χ1v) is 12.4. The van der Waals surface area contributed by atoms with Gasteiger partial charge in [-0.3, -0.25) is 24.0 Å². The number of nitrogens with zero attached hydrogens (tertiary/aromatic N) is 4. The van der Waals surface area contributed by atoms with Crippen LogP contribution in [0.4, 0.5) is 0 Å². The van der Waals surface area contributed by atoms with Crippen LogP contribution in [0.1, 0.15) is 45.0 Å². The zero-order valence-corrected chi connectivity index (χ0v) is 23.2. The molecule has 0 saturated carbocycles. The molecule has 0 amide bonds. The van der Waals surface area contributed by atoms with E-state index in [9.17, 15) is 24.0 Å². The third-order valence-corrected chi connectivity index (χ3v) is 5.85. The van der Waals surface area contributed by atoms with Crippen molar-refractivity contribution in [3.63, 3.8) is 0 Å². The van der Waals surface area contributed by atoms with E-state index >= 15 is 0 Å². The van der Waals surface area contributed by atoms with Crippen molar-refractivity contribution in [2.24, 2.45) is 5.10 Å². The highest BCUT2D eigenvalue weighted by Crippen LogP contribution is 2.34. The van der Waals surface area contributed by atoms with E-state index < -0.39 is 66.7 Å². The Labute approximate surface area is 233 Å². The summed E-state index contributed by atoms with van der Waals surface area (Å²) in [5.41, 5.74) is 1.04. The molecule has 15 heteroatoms. The topological polar surface area (TPSA) is 167 Å². The van der Waals surface area contributed by atoms with Gasteiger partial charge in [0.25, 0.3) is 5.56 Å². The predicted molar refractivity (Wildman–Crippen MR) is 139 cm³/mol. The van der Waals surface area contributed by atoms with E-state index in [2.05, 4.69) is 10.2 Å². The maximum atomic E-state index is 12.6. The minimum Gasteiger partial charge on any atom is -0.463 e. The molecule has 1 aromatic heterocycles. The number of hydrogen-bond donors (Lipinski definition) is 0. The van der Waals surface area contributed by atoms with E-state index in [4.69, 9.17) is 35.9 Å². The zero-order chi connectivity index (χ0) is 29.6. The molecule has 1 aromatic carbocycles. The van der Waals surface area contributed by atoms with Crippen LogP contribution in [0, 0.1) is 11.7 Å².